The van der Waals surface area contributed by atoms with E-state index in [2.05, 4.69) is 21.3 Å². The van der Waals surface area contributed by atoms with Gasteiger partial charge >= 0.3 is 12.1 Å². The monoisotopic (exact) mass is 544 g/mol. The molecule has 0 unspecified atom stereocenters. The zero-order valence-corrected chi connectivity index (χ0v) is 23.1. The molecule has 0 spiro atoms. The summed E-state index contributed by atoms with van der Waals surface area (Å²) < 4.78 is 0. The number of benzene rings is 4. The minimum atomic E-state index is -1.14. The Kier molecular flexibility index (Phi) is 8.50. The Morgan fingerprint density at radius 2 is 0.615 bits per heavy atom. The number of rotatable bonds is 4. The first kappa shape index (κ1) is 28.0. The van der Waals surface area contributed by atoms with E-state index in [9.17, 15) is 19.2 Å². The maximum atomic E-state index is 12.3. The third-order valence-electron chi connectivity index (χ3n) is 6.56. The van der Waals surface area contributed by atoms with Crippen molar-refractivity contribution in [3.8, 4) is 0 Å². The number of urea groups is 2. The van der Waals surface area contributed by atoms with E-state index in [1.165, 1.54) is 0 Å². The van der Waals surface area contributed by atoms with Gasteiger partial charge in [-0.2, -0.15) is 0 Å². The Hall–Kier alpha value is -3.98. The average Bonchev–Trinajstić information content (AvgIpc) is 3.45. The Morgan fingerprint density at radius 1 is 0.385 bits per heavy atom. The van der Waals surface area contributed by atoms with Crippen molar-refractivity contribution in [2.75, 3.05) is 0 Å². The first-order valence-corrected chi connectivity index (χ1v) is 12.0. The van der Waals surface area contributed by atoms with E-state index in [4.69, 9.17) is 0 Å². The van der Waals surface area contributed by atoms with E-state index in [1.54, 1.807) is 0 Å². The van der Waals surface area contributed by atoms with Crippen molar-refractivity contribution in [2.45, 2.75) is 11.1 Å². The first-order chi connectivity index (χ1) is 18.5. The normalized spacial score (nSPS) is 16.4. The van der Waals surface area contributed by atoms with Crippen LogP contribution in [0.3, 0.4) is 0 Å². The van der Waals surface area contributed by atoms with Crippen LogP contribution in [0.4, 0.5) is 9.59 Å². The summed E-state index contributed by atoms with van der Waals surface area (Å²) in [6, 6.07) is 36.0. The van der Waals surface area contributed by atoms with E-state index in [-0.39, 0.29) is 49.6 Å². The molecule has 2 fully saturated rings. The fourth-order valence-corrected chi connectivity index (χ4v) is 4.81. The predicted octanol–water partition coefficient (Wildman–Crippen LogP) is 3.16. The van der Waals surface area contributed by atoms with Crippen LogP contribution in [0.1, 0.15) is 22.3 Å². The van der Waals surface area contributed by atoms with E-state index >= 15 is 0 Å². The average molecular weight is 545 g/mol. The van der Waals surface area contributed by atoms with Crippen molar-refractivity contribution in [1.82, 2.24) is 21.3 Å². The van der Waals surface area contributed by atoms with Gasteiger partial charge in [0.15, 0.2) is 11.1 Å². The second-order valence-electron chi connectivity index (χ2n) is 8.78. The molecule has 6 rings (SSSR count). The fourth-order valence-electron chi connectivity index (χ4n) is 4.81. The predicted molar refractivity (Wildman–Crippen MR) is 146 cm³/mol. The Bertz CT molecular complexity index is 1290. The SMILES string of the molecule is O=C1NC(=O)C(c2ccccc2)(c2ccccc2)N1.O=C1NC(=O)C(c2ccccc2)(c2ccccc2)N1.[Ca]. The molecule has 0 aliphatic carbocycles. The van der Waals surface area contributed by atoms with Crippen molar-refractivity contribution in [3.05, 3.63) is 144 Å². The minimum absolute atomic E-state index is 0. The van der Waals surface area contributed by atoms with Crippen LogP contribution >= 0.6 is 0 Å². The molecule has 2 heterocycles. The van der Waals surface area contributed by atoms with Crippen LogP contribution in [-0.4, -0.2) is 61.6 Å². The second kappa shape index (κ2) is 11.8. The Balaban J connectivity index is 0.000000176. The molecular weight excluding hydrogens is 520 g/mol. The Morgan fingerprint density at radius 3 is 0.795 bits per heavy atom. The standard InChI is InChI=1S/2C15H12N2O2.Ca/c2*18-13-15(17-14(19)16-13,11-7-3-1-4-8-11)12-9-5-2-6-10-12;/h2*1-10H,(H2,16,17,18,19);. The number of carbonyl (C=O) groups is 4. The summed E-state index contributed by atoms with van der Waals surface area (Å²) in [5.41, 5.74) is 0.683. The zero-order valence-electron chi connectivity index (χ0n) is 20.9. The van der Waals surface area contributed by atoms with Gasteiger partial charge in [0.1, 0.15) is 0 Å². The number of carbonyl (C=O) groups excluding carboxylic acids is 4. The number of imide groups is 2. The van der Waals surface area contributed by atoms with Crippen LogP contribution in [0.2, 0.25) is 0 Å². The van der Waals surface area contributed by atoms with Gasteiger partial charge in [-0.05, 0) is 22.3 Å². The molecule has 39 heavy (non-hydrogen) atoms. The molecule has 0 saturated carbocycles. The van der Waals surface area contributed by atoms with Gasteiger partial charge < -0.3 is 10.6 Å². The van der Waals surface area contributed by atoms with Gasteiger partial charge in [0.25, 0.3) is 11.8 Å². The Labute approximate surface area is 255 Å². The number of amides is 6. The molecule has 2 aliphatic rings. The fraction of sp³-hybridized carbons (Fsp3) is 0.0667. The van der Waals surface area contributed by atoms with Crippen LogP contribution in [0, 0.1) is 0 Å². The topological polar surface area (TPSA) is 116 Å². The van der Waals surface area contributed by atoms with E-state index in [0.29, 0.717) is 0 Å². The third-order valence-corrected chi connectivity index (χ3v) is 6.56. The summed E-state index contributed by atoms with van der Waals surface area (Å²) in [5.74, 6) is -0.704. The van der Waals surface area contributed by atoms with Crippen LogP contribution in [0.5, 0.6) is 0 Å². The molecule has 190 valence electrons. The van der Waals surface area contributed by atoms with Gasteiger partial charge in [-0.25, -0.2) is 9.59 Å². The van der Waals surface area contributed by atoms with Crippen LogP contribution in [-0.2, 0) is 20.7 Å². The molecule has 0 atom stereocenters. The summed E-state index contributed by atoms with van der Waals surface area (Å²) in [5, 5.41) is 10.1. The maximum Gasteiger partial charge on any atom is 0.322 e. The number of hydrogen-bond donors (Lipinski definition) is 4. The smallest absolute Gasteiger partial charge is 0.316 e. The van der Waals surface area contributed by atoms with Gasteiger partial charge in [-0.1, -0.05) is 121 Å². The first-order valence-electron chi connectivity index (χ1n) is 12.0. The summed E-state index contributed by atoms with van der Waals surface area (Å²) in [6.45, 7) is 0. The number of nitrogens with one attached hydrogen (secondary N) is 4. The zero-order chi connectivity index (χ0) is 26.6. The molecule has 8 nitrogen and oxygen atoms in total. The third kappa shape index (κ3) is 5.18. The molecule has 0 bridgehead atoms. The molecule has 2 saturated heterocycles. The molecule has 0 aromatic heterocycles. The summed E-state index contributed by atoms with van der Waals surface area (Å²) in [7, 11) is 0. The molecule has 4 aromatic carbocycles. The van der Waals surface area contributed by atoms with Crippen molar-refractivity contribution in [2.24, 2.45) is 0 Å². The molecule has 9 heteroatoms. The van der Waals surface area contributed by atoms with Gasteiger partial charge in [0, 0.05) is 37.7 Å². The summed E-state index contributed by atoms with van der Waals surface area (Å²) in [4.78, 5) is 47.8. The quantitative estimate of drug-likeness (QED) is 0.233. The van der Waals surface area contributed by atoms with E-state index in [0.717, 1.165) is 22.3 Å². The van der Waals surface area contributed by atoms with Gasteiger partial charge in [0.05, 0.1) is 0 Å². The molecule has 2 radical (unpaired) electrons. The molecule has 4 aromatic rings. The van der Waals surface area contributed by atoms with Crippen molar-refractivity contribution >= 4 is 61.6 Å². The number of hydrogen-bond acceptors (Lipinski definition) is 4. The van der Waals surface area contributed by atoms with E-state index < -0.39 is 23.1 Å². The van der Waals surface area contributed by atoms with Crippen molar-refractivity contribution < 1.29 is 19.2 Å². The van der Waals surface area contributed by atoms with Crippen molar-refractivity contribution in [3.63, 3.8) is 0 Å². The van der Waals surface area contributed by atoms with Gasteiger partial charge in [-0.3, -0.25) is 20.2 Å². The molecular formula is C30H24CaN4O4. The van der Waals surface area contributed by atoms with Gasteiger partial charge in [-0.15, -0.1) is 0 Å². The summed E-state index contributed by atoms with van der Waals surface area (Å²) in [6.07, 6.45) is 0. The minimum Gasteiger partial charge on any atom is -0.316 e. The van der Waals surface area contributed by atoms with Gasteiger partial charge in [0.2, 0.25) is 0 Å². The maximum absolute atomic E-state index is 12.3. The molecule has 4 N–H and O–H groups in total. The van der Waals surface area contributed by atoms with Crippen molar-refractivity contribution in [1.29, 1.82) is 0 Å². The molecule has 6 amide bonds. The van der Waals surface area contributed by atoms with Crippen LogP contribution in [0.25, 0.3) is 0 Å². The van der Waals surface area contributed by atoms with E-state index in [1.807, 2.05) is 121 Å². The summed E-state index contributed by atoms with van der Waals surface area (Å²) >= 11 is 0. The molecule has 2 aliphatic heterocycles. The van der Waals surface area contributed by atoms with Crippen LogP contribution in [0.15, 0.2) is 121 Å². The second-order valence-corrected chi connectivity index (χ2v) is 8.78. The largest absolute Gasteiger partial charge is 0.322 e. The van der Waals surface area contributed by atoms with Crippen LogP contribution < -0.4 is 21.3 Å².